The first-order valence-corrected chi connectivity index (χ1v) is 6.64. The van der Waals surface area contributed by atoms with Crippen LogP contribution in [-0.2, 0) is 0 Å². The Morgan fingerprint density at radius 1 is 1.17 bits per heavy atom. The third-order valence-electron chi connectivity index (χ3n) is 2.92. The molecule has 0 aromatic heterocycles. The van der Waals surface area contributed by atoms with Gasteiger partial charge in [0.05, 0.1) is 0 Å². The minimum absolute atomic E-state index is 0.128. The van der Waals surface area contributed by atoms with Gasteiger partial charge in [-0.1, -0.05) is 34.1 Å². The summed E-state index contributed by atoms with van der Waals surface area (Å²) in [5.74, 6) is -0.218. The Balaban J connectivity index is 2.21. The van der Waals surface area contributed by atoms with Crippen LogP contribution in [0.25, 0.3) is 0 Å². The molecule has 94 valence electrons. The summed E-state index contributed by atoms with van der Waals surface area (Å²) in [7, 11) is 0. The monoisotopic (exact) mass is 307 g/mol. The quantitative estimate of drug-likeness (QED) is 0.834. The highest BCUT2D eigenvalue weighted by atomic mass is 79.9. The van der Waals surface area contributed by atoms with E-state index in [1.165, 1.54) is 12.1 Å². The van der Waals surface area contributed by atoms with E-state index in [1.54, 1.807) is 6.07 Å². The molecule has 0 saturated carbocycles. The van der Waals surface area contributed by atoms with E-state index in [-0.39, 0.29) is 11.9 Å². The molecule has 0 heterocycles. The molecule has 0 amide bonds. The van der Waals surface area contributed by atoms with Crippen LogP contribution in [0.2, 0.25) is 0 Å². The predicted molar refractivity (Wildman–Crippen MR) is 77.3 cm³/mol. The molecule has 0 aliphatic rings. The largest absolute Gasteiger partial charge is 0.378 e. The van der Waals surface area contributed by atoms with Gasteiger partial charge in [0.15, 0.2) is 0 Å². The maximum atomic E-state index is 13.2. The van der Waals surface area contributed by atoms with Crippen LogP contribution < -0.4 is 5.32 Å². The Kier molecular flexibility index (Phi) is 4.02. The Morgan fingerprint density at radius 2 is 1.94 bits per heavy atom. The number of hydrogen-bond donors (Lipinski definition) is 1. The zero-order valence-electron chi connectivity index (χ0n) is 10.4. The van der Waals surface area contributed by atoms with Gasteiger partial charge in [0, 0.05) is 16.2 Å². The SMILES string of the molecule is Cc1ccc(F)cc1NC(C)c1cccc(Br)c1. The summed E-state index contributed by atoms with van der Waals surface area (Å²) in [6, 6.07) is 13.0. The molecule has 1 unspecified atom stereocenters. The molecule has 0 bridgehead atoms. The van der Waals surface area contributed by atoms with Gasteiger partial charge in [0.25, 0.3) is 0 Å². The maximum absolute atomic E-state index is 13.2. The molecule has 0 fully saturated rings. The first-order valence-electron chi connectivity index (χ1n) is 5.84. The van der Waals surface area contributed by atoms with Crippen LogP contribution in [-0.4, -0.2) is 0 Å². The number of benzene rings is 2. The minimum atomic E-state index is -0.218. The van der Waals surface area contributed by atoms with E-state index in [4.69, 9.17) is 0 Å². The summed E-state index contributed by atoms with van der Waals surface area (Å²) in [6.07, 6.45) is 0. The highest BCUT2D eigenvalue weighted by molar-refractivity contribution is 9.10. The Morgan fingerprint density at radius 3 is 2.67 bits per heavy atom. The fraction of sp³-hybridized carbons (Fsp3) is 0.200. The lowest BCUT2D eigenvalue weighted by molar-refractivity contribution is 0.627. The summed E-state index contributed by atoms with van der Waals surface area (Å²) in [5, 5.41) is 3.33. The average Bonchev–Trinajstić information content (AvgIpc) is 2.34. The van der Waals surface area contributed by atoms with E-state index in [0.29, 0.717) is 0 Å². The fourth-order valence-electron chi connectivity index (χ4n) is 1.84. The van der Waals surface area contributed by atoms with Gasteiger partial charge < -0.3 is 5.32 Å². The third kappa shape index (κ3) is 3.10. The normalized spacial score (nSPS) is 12.2. The van der Waals surface area contributed by atoms with E-state index < -0.39 is 0 Å². The van der Waals surface area contributed by atoms with Crippen LogP contribution in [0, 0.1) is 12.7 Å². The predicted octanol–water partition coefficient (Wildman–Crippen LogP) is 5.07. The van der Waals surface area contributed by atoms with Crippen LogP contribution in [0.3, 0.4) is 0 Å². The second-order valence-electron chi connectivity index (χ2n) is 4.38. The van der Waals surface area contributed by atoms with Crippen molar-refractivity contribution in [3.05, 3.63) is 63.9 Å². The average molecular weight is 308 g/mol. The number of rotatable bonds is 3. The molecule has 0 spiro atoms. The first-order chi connectivity index (χ1) is 8.56. The lowest BCUT2D eigenvalue weighted by Gasteiger charge is -2.17. The van der Waals surface area contributed by atoms with E-state index >= 15 is 0 Å². The van der Waals surface area contributed by atoms with Crippen molar-refractivity contribution in [2.75, 3.05) is 5.32 Å². The van der Waals surface area contributed by atoms with Crippen LogP contribution in [0.15, 0.2) is 46.9 Å². The van der Waals surface area contributed by atoms with Crippen molar-refractivity contribution in [1.29, 1.82) is 0 Å². The Labute approximate surface area is 115 Å². The molecule has 3 heteroatoms. The number of aryl methyl sites for hydroxylation is 1. The van der Waals surface area contributed by atoms with Crippen molar-refractivity contribution in [3.8, 4) is 0 Å². The lowest BCUT2D eigenvalue weighted by atomic mass is 10.1. The molecule has 0 aliphatic carbocycles. The second kappa shape index (κ2) is 5.53. The number of hydrogen-bond acceptors (Lipinski definition) is 1. The summed E-state index contributed by atoms with van der Waals surface area (Å²) in [6.45, 7) is 4.03. The van der Waals surface area contributed by atoms with Gasteiger partial charge in [0.2, 0.25) is 0 Å². The molecule has 2 aromatic carbocycles. The first kappa shape index (κ1) is 13.1. The van der Waals surface area contributed by atoms with Gasteiger partial charge in [-0.05, 0) is 49.2 Å². The van der Waals surface area contributed by atoms with Crippen LogP contribution in [0.4, 0.5) is 10.1 Å². The van der Waals surface area contributed by atoms with Crippen molar-refractivity contribution in [3.63, 3.8) is 0 Å². The molecule has 1 nitrogen and oxygen atoms in total. The van der Waals surface area contributed by atoms with Gasteiger partial charge in [0.1, 0.15) is 5.82 Å². The molecule has 18 heavy (non-hydrogen) atoms. The van der Waals surface area contributed by atoms with Gasteiger partial charge in [-0.15, -0.1) is 0 Å². The highest BCUT2D eigenvalue weighted by Gasteiger charge is 2.08. The summed E-state index contributed by atoms with van der Waals surface area (Å²) < 4.78 is 14.3. The van der Waals surface area contributed by atoms with Crippen molar-refractivity contribution < 1.29 is 4.39 Å². The molecular weight excluding hydrogens is 293 g/mol. The molecule has 0 radical (unpaired) electrons. The molecule has 2 rings (SSSR count). The zero-order chi connectivity index (χ0) is 13.1. The minimum Gasteiger partial charge on any atom is -0.378 e. The van der Waals surface area contributed by atoms with Crippen molar-refractivity contribution in [2.45, 2.75) is 19.9 Å². The standard InChI is InChI=1S/C15H15BrFN/c1-10-6-7-14(17)9-15(10)18-11(2)12-4-3-5-13(16)8-12/h3-9,11,18H,1-2H3. The lowest BCUT2D eigenvalue weighted by Crippen LogP contribution is -2.07. The molecule has 2 aromatic rings. The number of anilines is 1. The van der Waals surface area contributed by atoms with Crippen LogP contribution in [0.5, 0.6) is 0 Å². The van der Waals surface area contributed by atoms with Gasteiger partial charge in [-0.3, -0.25) is 0 Å². The maximum Gasteiger partial charge on any atom is 0.125 e. The van der Waals surface area contributed by atoms with Gasteiger partial charge >= 0.3 is 0 Å². The highest BCUT2D eigenvalue weighted by Crippen LogP contribution is 2.24. The fourth-order valence-corrected chi connectivity index (χ4v) is 2.26. The molecule has 0 aliphatic heterocycles. The summed E-state index contributed by atoms with van der Waals surface area (Å²) >= 11 is 3.45. The molecule has 1 atom stereocenters. The molecule has 0 saturated heterocycles. The van der Waals surface area contributed by atoms with E-state index in [1.807, 2.05) is 19.1 Å². The molecular formula is C15H15BrFN. The Bertz CT molecular complexity index is 554. The topological polar surface area (TPSA) is 12.0 Å². The third-order valence-corrected chi connectivity index (χ3v) is 3.41. The second-order valence-corrected chi connectivity index (χ2v) is 5.30. The van der Waals surface area contributed by atoms with E-state index in [9.17, 15) is 4.39 Å². The number of nitrogens with one attached hydrogen (secondary N) is 1. The molecule has 1 N–H and O–H groups in total. The van der Waals surface area contributed by atoms with Gasteiger partial charge in [-0.2, -0.15) is 0 Å². The zero-order valence-corrected chi connectivity index (χ0v) is 12.0. The van der Waals surface area contributed by atoms with Crippen molar-refractivity contribution in [1.82, 2.24) is 0 Å². The van der Waals surface area contributed by atoms with Crippen LogP contribution >= 0.6 is 15.9 Å². The smallest absolute Gasteiger partial charge is 0.125 e. The summed E-state index contributed by atoms with van der Waals surface area (Å²) in [5.41, 5.74) is 3.04. The van der Waals surface area contributed by atoms with E-state index in [2.05, 4.69) is 40.3 Å². The Hall–Kier alpha value is -1.35. The number of halogens is 2. The summed E-state index contributed by atoms with van der Waals surface area (Å²) in [4.78, 5) is 0. The van der Waals surface area contributed by atoms with Crippen molar-refractivity contribution >= 4 is 21.6 Å². The van der Waals surface area contributed by atoms with Crippen molar-refractivity contribution in [2.24, 2.45) is 0 Å². The van der Waals surface area contributed by atoms with Crippen LogP contribution in [0.1, 0.15) is 24.1 Å². The van der Waals surface area contributed by atoms with E-state index in [0.717, 1.165) is 21.3 Å². The van der Waals surface area contributed by atoms with Gasteiger partial charge in [-0.25, -0.2) is 4.39 Å².